The van der Waals surface area contributed by atoms with Crippen molar-refractivity contribution in [3.8, 4) is 0 Å². The van der Waals surface area contributed by atoms with Crippen molar-refractivity contribution < 1.29 is 56.2 Å². The first-order chi connectivity index (χ1) is 34.6. The summed E-state index contributed by atoms with van der Waals surface area (Å²) in [4.78, 5) is 13.0. The van der Waals surface area contributed by atoms with E-state index in [0.29, 0.717) is 13.0 Å². The fourth-order valence-corrected chi connectivity index (χ4v) is 9.56. The van der Waals surface area contributed by atoms with Gasteiger partial charge in [-0.05, 0) is 70.6 Å². The van der Waals surface area contributed by atoms with Crippen LogP contribution in [0.5, 0.6) is 0 Å². The summed E-state index contributed by atoms with van der Waals surface area (Å²) in [7, 11) is -5.07. The molecule has 0 aromatic heterocycles. The quantitative estimate of drug-likeness (QED) is 0.0196. The Morgan fingerprint density at radius 3 is 1.35 bits per heavy atom. The molecule has 1 aliphatic heterocycles. The van der Waals surface area contributed by atoms with Gasteiger partial charge in [-0.2, -0.15) is 8.42 Å². The topological polar surface area (TPSA) is 178 Å². The van der Waals surface area contributed by atoms with Gasteiger partial charge in [0.1, 0.15) is 30.5 Å². The molecule has 1 saturated heterocycles. The van der Waals surface area contributed by atoms with Gasteiger partial charge in [-0.1, -0.05) is 224 Å². The molecule has 1 aliphatic rings. The molecule has 4 N–H and O–H groups in total. The maximum absolute atomic E-state index is 13.0. The zero-order chi connectivity index (χ0) is 51.7. The maximum Gasteiger partial charge on any atom is 0.397 e. The summed E-state index contributed by atoms with van der Waals surface area (Å²) in [5, 5.41) is 30.8. The van der Waals surface area contributed by atoms with Crippen molar-refractivity contribution in [2.75, 3.05) is 26.4 Å². The van der Waals surface area contributed by atoms with Gasteiger partial charge in [0.25, 0.3) is 0 Å². The Kier molecular flexibility index (Phi) is 46.7. The minimum Gasteiger partial charge on any atom is -0.457 e. The van der Waals surface area contributed by atoms with Gasteiger partial charge in [0, 0.05) is 13.0 Å². The second-order valence-electron chi connectivity index (χ2n) is 20.2. The molecule has 6 atom stereocenters. The first kappa shape index (κ1) is 67.3. The summed E-state index contributed by atoms with van der Waals surface area (Å²) in [5.41, 5.74) is 0. The zero-order valence-electron chi connectivity index (χ0n) is 45.3. The Morgan fingerprint density at radius 1 is 0.535 bits per heavy atom. The predicted molar refractivity (Wildman–Crippen MR) is 290 cm³/mol. The number of aliphatic hydroxyl groups is 3. The molecule has 71 heavy (non-hydrogen) atoms. The van der Waals surface area contributed by atoms with Crippen LogP contribution >= 0.6 is 0 Å². The largest absolute Gasteiger partial charge is 0.457 e. The highest BCUT2D eigenvalue weighted by atomic mass is 32.3. The van der Waals surface area contributed by atoms with Gasteiger partial charge in [0.05, 0.1) is 19.8 Å². The SMILES string of the molecule is CCCCCCC/C=C\C/C=C\CCCCCCCCCCCCCCCC(=O)OC(COCCCCCCCCCC/C=C\CCCCCCCCC)COC1OC(CO)C(O)C(OS(=O)(=O)O)C1O. The van der Waals surface area contributed by atoms with Gasteiger partial charge < -0.3 is 34.3 Å². The normalized spacial score (nSPS) is 19.2. The minimum absolute atomic E-state index is 0.0360. The molecule has 0 bridgehead atoms. The van der Waals surface area contributed by atoms with Crippen LogP contribution in [0.3, 0.4) is 0 Å². The highest BCUT2D eigenvalue weighted by Crippen LogP contribution is 2.26. The molecule has 0 aromatic rings. The third kappa shape index (κ3) is 42.3. The number of rotatable bonds is 52. The average Bonchev–Trinajstić information content (AvgIpc) is 3.35. The number of esters is 1. The monoisotopic (exact) mass is 1030 g/mol. The summed E-state index contributed by atoms with van der Waals surface area (Å²) < 4.78 is 59.4. The van der Waals surface area contributed by atoms with E-state index in [1.807, 2.05) is 0 Å². The molecular weight excluding hydrogens is 921 g/mol. The Morgan fingerprint density at radius 2 is 0.930 bits per heavy atom. The average molecular weight is 1030 g/mol. The van der Waals surface area contributed by atoms with Crippen LogP contribution in [0.25, 0.3) is 0 Å². The first-order valence-electron chi connectivity index (χ1n) is 29.2. The Hall–Kier alpha value is -1.68. The zero-order valence-corrected chi connectivity index (χ0v) is 46.1. The van der Waals surface area contributed by atoms with Crippen LogP contribution in [-0.2, 0) is 38.3 Å². The summed E-state index contributed by atoms with van der Waals surface area (Å²) in [6.07, 6.45) is 51.8. The number of hydrogen-bond donors (Lipinski definition) is 4. The predicted octanol–water partition coefficient (Wildman–Crippen LogP) is 14.5. The van der Waals surface area contributed by atoms with E-state index in [1.165, 1.54) is 193 Å². The van der Waals surface area contributed by atoms with Crippen LogP contribution in [0.15, 0.2) is 36.5 Å². The number of hydrogen-bond acceptors (Lipinski definition) is 11. The van der Waals surface area contributed by atoms with Crippen molar-refractivity contribution in [3.05, 3.63) is 36.5 Å². The second kappa shape index (κ2) is 49.2. The van der Waals surface area contributed by atoms with Crippen molar-refractivity contribution in [1.29, 1.82) is 0 Å². The second-order valence-corrected chi connectivity index (χ2v) is 21.3. The van der Waals surface area contributed by atoms with E-state index in [1.54, 1.807) is 0 Å². The smallest absolute Gasteiger partial charge is 0.397 e. The standard InChI is InChI=1S/C58H108O12S/c1-3-5-7-9-11-13-15-17-19-21-23-24-25-26-27-28-29-31-33-35-37-39-41-43-45-47-54(60)68-52(51-67-58-56(62)57(70-71(63,64)65)55(61)53(49-59)69-58)50-66-48-46-44-42-40-38-36-34-32-30-22-20-18-16-14-12-10-8-6-4-2/h15,17,20-23,52-53,55-59,61-62H,3-14,16,18-19,24-51H2,1-2H3,(H,63,64,65)/b17-15-,22-20-,23-21-. The van der Waals surface area contributed by atoms with Crippen molar-refractivity contribution in [2.45, 2.75) is 301 Å². The van der Waals surface area contributed by atoms with Crippen LogP contribution in [0.2, 0.25) is 0 Å². The summed E-state index contributed by atoms with van der Waals surface area (Å²) >= 11 is 0. The van der Waals surface area contributed by atoms with Gasteiger partial charge in [-0.3, -0.25) is 9.35 Å². The highest BCUT2D eigenvalue weighted by molar-refractivity contribution is 7.80. The molecule has 0 aliphatic carbocycles. The lowest BCUT2D eigenvalue weighted by Crippen LogP contribution is -2.60. The lowest BCUT2D eigenvalue weighted by atomic mass is 9.99. The van der Waals surface area contributed by atoms with Gasteiger partial charge in [0.2, 0.25) is 0 Å². The van der Waals surface area contributed by atoms with Gasteiger partial charge in [0.15, 0.2) is 6.29 Å². The number of aliphatic hydroxyl groups excluding tert-OH is 3. The molecule has 1 rings (SSSR count). The molecule has 0 saturated carbocycles. The van der Waals surface area contributed by atoms with E-state index >= 15 is 0 Å². The molecule has 0 spiro atoms. The third-order valence-corrected chi connectivity index (χ3v) is 14.0. The van der Waals surface area contributed by atoms with Gasteiger partial charge >= 0.3 is 16.4 Å². The van der Waals surface area contributed by atoms with E-state index in [2.05, 4.69) is 54.5 Å². The number of allylic oxidation sites excluding steroid dienone is 6. The summed E-state index contributed by atoms with van der Waals surface area (Å²) in [5.74, 6) is -0.397. The Bertz CT molecular complexity index is 1370. The van der Waals surface area contributed by atoms with E-state index in [0.717, 1.165) is 44.9 Å². The lowest BCUT2D eigenvalue weighted by molar-refractivity contribution is -0.301. The molecule has 6 unspecified atom stereocenters. The number of carbonyl (C=O) groups is 1. The molecule has 0 radical (unpaired) electrons. The summed E-state index contributed by atoms with van der Waals surface area (Å²) in [6.45, 7) is 4.02. The Labute approximate surface area is 434 Å². The minimum atomic E-state index is -5.07. The summed E-state index contributed by atoms with van der Waals surface area (Å²) in [6, 6.07) is 0. The van der Waals surface area contributed by atoms with Crippen molar-refractivity contribution in [3.63, 3.8) is 0 Å². The van der Waals surface area contributed by atoms with Crippen LogP contribution in [0.1, 0.15) is 264 Å². The molecule has 1 heterocycles. The van der Waals surface area contributed by atoms with E-state index < -0.39 is 59.8 Å². The molecule has 1 fully saturated rings. The third-order valence-electron chi connectivity index (χ3n) is 13.5. The number of ether oxygens (including phenoxy) is 4. The highest BCUT2D eigenvalue weighted by Gasteiger charge is 2.48. The van der Waals surface area contributed by atoms with Crippen LogP contribution < -0.4 is 0 Å². The van der Waals surface area contributed by atoms with E-state index in [9.17, 15) is 33.1 Å². The number of carbonyl (C=O) groups excluding carboxylic acids is 1. The Balaban J connectivity index is 2.28. The van der Waals surface area contributed by atoms with Crippen LogP contribution in [0, 0.1) is 0 Å². The molecule has 0 aromatic carbocycles. The molecule has 0 amide bonds. The van der Waals surface area contributed by atoms with Gasteiger partial charge in [-0.25, -0.2) is 4.18 Å². The molecular formula is C58H108O12S. The van der Waals surface area contributed by atoms with Crippen LogP contribution in [-0.4, -0.2) is 97.5 Å². The molecule has 13 heteroatoms. The molecule has 12 nitrogen and oxygen atoms in total. The van der Waals surface area contributed by atoms with Crippen molar-refractivity contribution in [2.24, 2.45) is 0 Å². The van der Waals surface area contributed by atoms with Crippen molar-refractivity contribution in [1.82, 2.24) is 0 Å². The van der Waals surface area contributed by atoms with E-state index in [4.69, 9.17) is 18.9 Å². The fourth-order valence-electron chi connectivity index (χ4n) is 9.05. The van der Waals surface area contributed by atoms with Gasteiger partial charge in [-0.15, -0.1) is 0 Å². The van der Waals surface area contributed by atoms with Crippen LogP contribution in [0.4, 0.5) is 0 Å². The first-order valence-corrected chi connectivity index (χ1v) is 30.6. The van der Waals surface area contributed by atoms with E-state index in [-0.39, 0.29) is 19.6 Å². The molecule has 418 valence electrons. The number of unbranched alkanes of at least 4 members (excludes halogenated alkanes) is 33. The van der Waals surface area contributed by atoms with Crippen molar-refractivity contribution >= 4 is 16.4 Å². The fraction of sp³-hybridized carbons (Fsp3) is 0.879. The maximum atomic E-state index is 13.0. The lowest BCUT2D eigenvalue weighted by Gasteiger charge is -2.41.